The molecule has 2 N–H and O–H groups in total. The van der Waals surface area contributed by atoms with E-state index in [0.717, 1.165) is 5.56 Å². The number of carbonyl (C=O) groups is 1. The predicted octanol–water partition coefficient (Wildman–Crippen LogP) is 4.50. The Labute approximate surface area is 185 Å². The lowest BCUT2D eigenvalue weighted by Gasteiger charge is -2.11. The molecule has 32 heavy (non-hydrogen) atoms. The summed E-state index contributed by atoms with van der Waals surface area (Å²) in [5.74, 6) is -2.92. The van der Waals surface area contributed by atoms with Crippen LogP contribution in [0, 0.1) is 6.92 Å². The standard InChI is InChI=1S/C22H17F2N5O2S/c1-13-11-19(30)27-22(25-13)29-18(12-16(28-29)14-7-3-2-4-8-14)26-20(31)15-9-5-6-10-17(15)32-21(23)24/h2-12,21H,1H3,(H,26,31)(H,25,27,30). The minimum Gasteiger partial charge on any atom is -0.306 e. The summed E-state index contributed by atoms with van der Waals surface area (Å²) in [7, 11) is 0. The van der Waals surface area contributed by atoms with Crippen LogP contribution in [0.1, 0.15) is 16.1 Å². The van der Waals surface area contributed by atoms with Crippen molar-refractivity contribution >= 4 is 23.5 Å². The second-order valence-electron chi connectivity index (χ2n) is 6.73. The molecule has 162 valence electrons. The Balaban J connectivity index is 1.77. The van der Waals surface area contributed by atoms with Crippen LogP contribution >= 0.6 is 11.8 Å². The molecule has 0 aliphatic rings. The maximum absolute atomic E-state index is 13.0. The van der Waals surface area contributed by atoms with E-state index in [-0.39, 0.29) is 27.8 Å². The van der Waals surface area contributed by atoms with Crippen molar-refractivity contribution in [2.24, 2.45) is 0 Å². The molecule has 0 aliphatic heterocycles. The van der Waals surface area contributed by atoms with Gasteiger partial charge in [0.25, 0.3) is 17.2 Å². The number of nitrogens with one attached hydrogen (secondary N) is 2. The number of hydrogen-bond acceptors (Lipinski definition) is 5. The number of nitrogens with zero attached hydrogens (tertiary/aromatic N) is 3. The van der Waals surface area contributed by atoms with Crippen molar-refractivity contribution in [2.45, 2.75) is 17.6 Å². The monoisotopic (exact) mass is 453 g/mol. The Morgan fingerprint density at radius 3 is 2.53 bits per heavy atom. The minimum atomic E-state index is -2.67. The molecule has 0 saturated heterocycles. The summed E-state index contributed by atoms with van der Waals surface area (Å²) in [4.78, 5) is 32.0. The molecule has 0 saturated carbocycles. The number of thioether (sulfide) groups is 1. The number of alkyl halides is 2. The van der Waals surface area contributed by atoms with Gasteiger partial charge in [-0.2, -0.15) is 18.6 Å². The number of rotatable bonds is 6. The highest BCUT2D eigenvalue weighted by Gasteiger charge is 2.19. The first-order valence-electron chi connectivity index (χ1n) is 9.50. The lowest BCUT2D eigenvalue weighted by molar-refractivity contribution is 0.102. The van der Waals surface area contributed by atoms with E-state index in [4.69, 9.17) is 0 Å². The van der Waals surface area contributed by atoms with Crippen LogP contribution in [0.25, 0.3) is 17.2 Å². The Hall–Kier alpha value is -3.79. The van der Waals surface area contributed by atoms with Gasteiger partial charge in [-0.25, -0.2) is 4.98 Å². The van der Waals surface area contributed by atoms with Gasteiger partial charge < -0.3 is 5.32 Å². The third kappa shape index (κ3) is 4.75. The third-order valence-electron chi connectivity index (χ3n) is 4.43. The van der Waals surface area contributed by atoms with Gasteiger partial charge in [0.1, 0.15) is 5.82 Å². The van der Waals surface area contributed by atoms with E-state index >= 15 is 0 Å². The molecule has 0 bridgehead atoms. The maximum Gasteiger partial charge on any atom is 0.288 e. The molecular formula is C22H17F2N5O2S. The summed E-state index contributed by atoms with van der Waals surface area (Å²) in [5, 5.41) is 7.20. The van der Waals surface area contributed by atoms with Gasteiger partial charge in [-0.15, -0.1) is 0 Å². The summed E-state index contributed by atoms with van der Waals surface area (Å²) in [6, 6.07) is 18.3. The molecule has 10 heteroatoms. The number of H-pyrrole nitrogens is 1. The quantitative estimate of drug-likeness (QED) is 0.420. The van der Waals surface area contributed by atoms with Crippen LogP contribution in [0.5, 0.6) is 0 Å². The van der Waals surface area contributed by atoms with Crippen LogP contribution in [0.4, 0.5) is 14.6 Å². The highest BCUT2D eigenvalue weighted by Crippen LogP contribution is 2.29. The lowest BCUT2D eigenvalue weighted by atomic mass is 10.1. The summed E-state index contributed by atoms with van der Waals surface area (Å²) < 4.78 is 27.1. The van der Waals surface area contributed by atoms with Crippen LogP contribution in [-0.4, -0.2) is 31.4 Å². The molecule has 2 heterocycles. The Kier molecular flexibility index (Phi) is 6.13. The first kappa shape index (κ1) is 21.4. The smallest absolute Gasteiger partial charge is 0.288 e. The van der Waals surface area contributed by atoms with E-state index in [9.17, 15) is 18.4 Å². The molecule has 2 aromatic heterocycles. The van der Waals surface area contributed by atoms with Gasteiger partial charge in [-0.3, -0.25) is 14.6 Å². The molecule has 2 aromatic carbocycles. The fourth-order valence-electron chi connectivity index (χ4n) is 3.08. The van der Waals surface area contributed by atoms with Gasteiger partial charge in [-0.05, 0) is 19.1 Å². The first-order valence-corrected chi connectivity index (χ1v) is 10.4. The number of benzene rings is 2. The van der Waals surface area contributed by atoms with Crippen LogP contribution in [0.3, 0.4) is 0 Å². The zero-order chi connectivity index (χ0) is 22.7. The van der Waals surface area contributed by atoms with E-state index < -0.39 is 11.7 Å². The van der Waals surface area contributed by atoms with Crippen molar-refractivity contribution in [2.75, 3.05) is 5.32 Å². The van der Waals surface area contributed by atoms with E-state index in [1.165, 1.54) is 22.9 Å². The van der Waals surface area contributed by atoms with E-state index in [1.807, 2.05) is 30.3 Å². The molecule has 0 atom stereocenters. The molecule has 0 aliphatic carbocycles. The van der Waals surface area contributed by atoms with Crippen molar-refractivity contribution in [1.82, 2.24) is 19.7 Å². The number of aromatic amines is 1. The van der Waals surface area contributed by atoms with Gasteiger partial charge in [0, 0.05) is 28.3 Å². The topological polar surface area (TPSA) is 92.7 Å². The van der Waals surface area contributed by atoms with E-state index in [1.54, 1.807) is 25.1 Å². The van der Waals surface area contributed by atoms with Gasteiger partial charge in [0.05, 0.1) is 11.3 Å². The number of carbonyl (C=O) groups excluding carboxylic acids is 1. The highest BCUT2D eigenvalue weighted by atomic mass is 32.2. The molecule has 4 aromatic rings. The number of aryl methyl sites for hydroxylation is 1. The van der Waals surface area contributed by atoms with Crippen molar-refractivity contribution in [1.29, 1.82) is 0 Å². The van der Waals surface area contributed by atoms with Crippen LogP contribution in [0.15, 0.2) is 76.4 Å². The van der Waals surface area contributed by atoms with Crippen LogP contribution < -0.4 is 10.9 Å². The fourth-order valence-corrected chi connectivity index (χ4v) is 3.72. The zero-order valence-electron chi connectivity index (χ0n) is 16.8. The Morgan fingerprint density at radius 2 is 1.81 bits per heavy atom. The van der Waals surface area contributed by atoms with Gasteiger partial charge >= 0.3 is 0 Å². The van der Waals surface area contributed by atoms with Gasteiger partial charge in [0.2, 0.25) is 5.95 Å². The molecule has 4 rings (SSSR count). The molecule has 0 radical (unpaired) electrons. The lowest BCUT2D eigenvalue weighted by Crippen LogP contribution is -2.19. The second-order valence-corrected chi connectivity index (χ2v) is 7.76. The second kappa shape index (κ2) is 9.15. The van der Waals surface area contributed by atoms with Crippen LogP contribution in [-0.2, 0) is 0 Å². The fraction of sp³-hybridized carbons (Fsp3) is 0.0909. The molecular weight excluding hydrogens is 436 g/mol. The minimum absolute atomic E-state index is 0.0949. The predicted molar refractivity (Wildman–Crippen MR) is 118 cm³/mol. The molecule has 1 amide bonds. The summed E-state index contributed by atoms with van der Waals surface area (Å²) in [5.41, 5.74) is 1.50. The average molecular weight is 453 g/mol. The molecule has 0 fully saturated rings. The summed E-state index contributed by atoms with van der Waals surface area (Å²) in [6.07, 6.45) is 0. The molecule has 0 unspecified atom stereocenters. The van der Waals surface area contributed by atoms with Crippen molar-refractivity contribution in [3.05, 3.63) is 88.3 Å². The molecule has 0 spiro atoms. The molecule has 7 nitrogen and oxygen atoms in total. The summed E-state index contributed by atoms with van der Waals surface area (Å²) in [6.45, 7) is 1.66. The van der Waals surface area contributed by atoms with Crippen LogP contribution in [0.2, 0.25) is 0 Å². The number of amides is 1. The first-order chi connectivity index (χ1) is 15.4. The third-order valence-corrected chi connectivity index (χ3v) is 5.21. The normalized spacial score (nSPS) is 11.0. The summed E-state index contributed by atoms with van der Waals surface area (Å²) >= 11 is 0.294. The number of anilines is 1. The van der Waals surface area contributed by atoms with Crippen molar-refractivity contribution in [3.8, 4) is 17.2 Å². The zero-order valence-corrected chi connectivity index (χ0v) is 17.6. The number of aromatic nitrogens is 4. The van der Waals surface area contributed by atoms with Gasteiger partial charge in [-0.1, -0.05) is 54.2 Å². The van der Waals surface area contributed by atoms with E-state index in [2.05, 4.69) is 20.4 Å². The Bertz CT molecular complexity index is 1320. The number of hydrogen-bond donors (Lipinski definition) is 2. The Morgan fingerprint density at radius 1 is 1.09 bits per heavy atom. The number of halogens is 2. The van der Waals surface area contributed by atoms with E-state index in [0.29, 0.717) is 23.1 Å². The average Bonchev–Trinajstić information content (AvgIpc) is 3.17. The SMILES string of the molecule is Cc1cc(=O)[nH]c(-n2nc(-c3ccccc3)cc2NC(=O)c2ccccc2SC(F)F)n1. The highest BCUT2D eigenvalue weighted by molar-refractivity contribution is 7.99. The largest absolute Gasteiger partial charge is 0.306 e. The van der Waals surface area contributed by atoms with Crippen molar-refractivity contribution < 1.29 is 13.6 Å². The maximum atomic E-state index is 13.0. The van der Waals surface area contributed by atoms with Gasteiger partial charge in [0.15, 0.2) is 0 Å². The van der Waals surface area contributed by atoms with Crippen molar-refractivity contribution in [3.63, 3.8) is 0 Å².